The van der Waals surface area contributed by atoms with E-state index in [9.17, 15) is 9.59 Å². The zero-order valence-corrected chi connectivity index (χ0v) is 9.82. The molecular formula is C13H14O4. The molecule has 0 spiro atoms. The lowest BCUT2D eigenvalue weighted by molar-refractivity contribution is 0.0526. The third-order valence-electron chi connectivity index (χ3n) is 2.18. The zero-order valence-electron chi connectivity index (χ0n) is 9.82. The number of ether oxygens (including phenoxy) is 1. The summed E-state index contributed by atoms with van der Waals surface area (Å²) in [7, 11) is 0. The number of esters is 1. The van der Waals surface area contributed by atoms with Gasteiger partial charge in [0.15, 0.2) is 0 Å². The average Bonchev–Trinajstić information content (AvgIpc) is 2.28. The van der Waals surface area contributed by atoms with E-state index in [1.165, 1.54) is 12.1 Å². The number of allylic oxidation sites excluding steroid dienone is 1. The minimum Gasteiger partial charge on any atom is -0.478 e. The van der Waals surface area contributed by atoms with Crippen LogP contribution in [0.25, 0.3) is 5.57 Å². The van der Waals surface area contributed by atoms with Crippen LogP contribution in [-0.2, 0) is 4.74 Å². The Morgan fingerprint density at radius 2 is 1.76 bits per heavy atom. The molecule has 1 aromatic carbocycles. The molecule has 1 rings (SSSR count). The molecule has 0 atom stereocenters. The molecule has 1 aromatic rings. The van der Waals surface area contributed by atoms with Gasteiger partial charge in [-0.05, 0) is 37.6 Å². The summed E-state index contributed by atoms with van der Waals surface area (Å²) < 4.78 is 4.84. The minimum absolute atomic E-state index is 0.0496. The van der Waals surface area contributed by atoms with E-state index in [4.69, 9.17) is 9.84 Å². The van der Waals surface area contributed by atoms with Gasteiger partial charge in [0, 0.05) is 0 Å². The summed E-state index contributed by atoms with van der Waals surface area (Å²) in [5, 5.41) is 8.95. The van der Waals surface area contributed by atoms with E-state index in [2.05, 4.69) is 6.58 Å². The highest BCUT2D eigenvalue weighted by atomic mass is 16.5. The number of carboxylic acid groups (broad SMARTS) is 1. The molecular weight excluding hydrogens is 220 g/mol. The van der Waals surface area contributed by atoms with Gasteiger partial charge in [-0.3, -0.25) is 0 Å². The highest BCUT2D eigenvalue weighted by Gasteiger charge is 2.13. The molecule has 0 aliphatic rings. The molecule has 0 saturated heterocycles. The average molecular weight is 234 g/mol. The maximum absolute atomic E-state index is 11.5. The van der Waals surface area contributed by atoms with Crippen LogP contribution in [0.5, 0.6) is 0 Å². The van der Waals surface area contributed by atoms with Crippen LogP contribution in [0.3, 0.4) is 0 Å². The van der Waals surface area contributed by atoms with Crippen LogP contribution in [0.15, 0.2) is 24.8 Å². The highest BCUT2D eigenvalue weighted by molar-refractivity contribution is 5.96. The lowest BCUT2D eigenvalue weighted by Crippen LogP contribution is -2.07. The molecule has 17 heavy (non-hydrogen) atoms. The van der Waals surface area contributed by atoms with Gasteiger partial charge in [-0.25, -0.2) is 9.59 Å². The van der Waals surface area contributed by atoms with Crippen molar-refractivity contribution in [2.75, 3.05) is 6.61 Å². The third kappa shape index (κ3) is 3.17. The number of carbonyl (C=O) groups excluding carboxylic acids is 1. The van der Waals surface area contributed by atoms with Crippen LogP contribution in [0, 0.1) is 0 Å². The van der Waals surface area contributed by atoms with Gasteiger partial charge in [-0.1, -0.05) is 12.2 Å². The standard InChI is InChI=1S/C13H14O4/c1-4-17-13(16)11-6-9(8(2)3)5-10(7-11)12(14)15/h5-7H,2,4H2,1,3H3,(H,14,15). The first kappa shape index (κ1) is 13.0. The molecule has 90 valence electrons. The third-order valence-corrected chi connectivity index (χ3v) is 2.18. The fraction of sp³-hybridized carbons (Fsp3) is 0.231. The van der Waals surface area contributed by atoms with Crippen molar-refractivity contribution in [1.82, 2.24) is 0 Å². The molecule has 0 amide bonds. The van der Waals surface area contributed by atoms with Crippen LogP contribution in [0.1, 0.15) is 40.1 Å². The Balaban J connectivity index is 3.26. The van der Waals surface area contributed by atoms with Crippen molar-refractivity contribution in [3.05, 3.63) is 41.5 Å². The fourth-order valence-corrected chi connectivity index (χ4v) is 1.33. The fourth-order valence-electron chi connectivity index (χ4n) is 1.33. The second kappa shape index (κ2) is 5.30. The van der Waals surface area contributed by atoms with E-state index in [0.29, 0.717) is 11.1 Å². The monoisotopic (exact) mass is 234 g/mol. The predicted molar refractivity (Wildman–Crippen MR) is 64.1 cm³/mol. The lowest BCUT2D eigenvalue weighted by Gasteiger charge is -2.07. The number of hydrogen-bond donors (Lipinski definition) is 1. The van der Waals surface area contributed by atoms with Crippen LogP contribution in [0.2, 0.25) is 0 Å². The summed E-state index contributed by atoms with van der Waals surface area (Å²) in [6.45, 7) is 7.41. The first-order valence-corrected chi connectivity index (χ1v) is 5.17. The summed E-state index contributed by atoms with van der Waals surface area (Å²) in [5.74, 6) is -1.61. The largest absolute Gasteiger partial charge is 0.478 e. The molecule has 0 aliphatic carbocycles. The van der Waals surface area contributed by atoms with Gasteiger partial charge in [0.1, 0.15) is 0 Å². The first-order chi connectivity index (χ1) is 7.95. The first-order valence-electron chi connectivity index (χ1n) is 5.17. The van der Waals surface area contributed by atoms with Crippen LogP contribution < -0.4 is 0 Å². The molecule has 0 aliphatic heterocycles. The van der Waals surface area contributed by atoms with Crippen molar-refractivity contribution >= 4 is 17.5 Å². The Kier molecular flexibility index (Phi) is 4.04. The Hall–Kier alpha value is -2.10. The summed E-state index contributed by atoms with van der Waals surface area (Å²) in [6.07, 6.45) is 0. The van der Waals surface area contributed by atoms with E-state index in [0.717, 1.165) is 0 Å². The predicted octanol–water partition coefficient (Wildman–Crippen LogP) is 2.59. The smallest absolute Gasteiger partial charge is 0.338 e. The molecule has 0 radical (unpaired) electrons. The normalized spacial score (nSPS) is 9.76. The Morgan fingerprint density at radius 3 is 2.24 bits per heavy atom. The van der Waals surface area contributed by atoms with Gasteiger partial charge < -0.3 is 9.84 Å². The van der Waals surface area contributed by atoms with Crippen molar-refractivity contribution in [3.8, 4) is 0 Å². The van der Waals surface area contributed by atoms with Gasteiger partial charge >= 0.3 is 11.9 Å². The second-order valence-electron chi connectivity index (χ2n) is 3.60. The van der Waals surface area contributed by atoms with Gasteiger partial charge in [0.2, 0.25) is 0 Å². The van der Waals surface area contributed by atoms with Gasteiger partial charge in [0.05, 0.1) is 17.7 Å². The van der Waals surface area contributed by atoms with E-state index < -0.39 is 11.9 Å². The molecule has 0 saturated carbocycles. The van der Waals surface area contributed by atoms with Crippen LogP contribution in [0.4, 0.5) is 0 Å². The minimum atomic E-state index is -1.08. The maximum Gasteiger partial charge on any atom is 0.338 e. The van der Waals surface area contributed by atoms with Crippen molar-refractivity contribution < 1.29 is 19.4 Å². The second-order valence-corrected chi connectivity index (χ2v) is 3.60. The number of carboxylic acids is 1. The van der Waals surface area contributed by atoms with Crippen molar-refractivity contribution in [3.63, 3.8) is 0 Å². The van der Waals surface area contributed by atoms with E-state index in [-0.39, 0.29) is 17.7 Å². The van der Waals surface area contributed by atoms with Crippen molar-refractivity contribution in [2.24, 2.45) is 0 Å². The molecule has 0 heterocycles. The summed E-state index contributed by atoms with van der Waals surface area (Å²) in [6, 6.07) is 4.35. The SMILES string of the molecule is C=C(C)c1cc(C(=O)O)cc(C(=O)OCC)c1. The number of aromatic carboxylic acids is 1. The van der Waals surface area contributed by atoms with E-state index >= 15 is 0 Å². The van der Waals surface area contributed by atoms with Crippen molar-refractivity contribution in [1.29, 1.82) is 0 Å². The van der Waals surface area contributed by atoms with Crippen LogP contribution in [-0.4, -0.2) is 23.7 Å². The lowest BCUT2D eigenvalue weighted by atomic mass is 10.0. The molecule has 4 nitrogen and oxygen atoms in total. The summed E-state index contributed by atoms with van der Waals surface area (Å²) in [5.41, 5.74) is 1.59. The van der Waals surface area contributed by atoms with Crippen LogP contribution >= 0.6 is 0 Å². The Morgan fingerprint density at radius 1 is 1.24 bits per heavy atom. The Labute approximate surface area is 99.5 Å². The molecule has 0 bridgehead atoms. The maximum atomic E-state index is 11.5. The van der Waals surface area contributed by atoms with E-state index in [1.807, 2.05) is 0 Å². The summed E-state index contributed by atoms with van der Waals surface area (Å²) in [4.78, 5) is 22.5. The van der Waals surface area contributed by atoms with E-state index in [1.54, 1.807) is 19.9 Å². The molecule has 4 heteroatoms. The Bertz CT molecular complexity index is 442. The number of carbonyl (C=O) groups is 2. The van der Waals surface area contributed by atoms with Crippen molar-refractivity contribution in [2.45, 2.75) is 13.8 Å². The molecule has 0 fully saturated rings. The van der Waals surface area contributed by atoms with Gasteiger partial charge in [-0.2, -0.15) is 0 Å². The summed E-state index contributed by atoms with van der Waals surface area (Å²) >= 11 is 0. The number of rotatable bonds is 4. The van der Waals surface area contributed by atoms with Gasteiger partial charge in [-0.15, -0.1) is 0 Å². The topological polar surface area (TPSA) is 63.6 Å². The zero-order chi connectivity index (χ0) is 13.0. The van der Waals surface area contributed by atoms with Gasteiger partial charge in [0.25, 0.3) is 0 Å². The number of hydrogen-bond acceptors (Lipinski definition) is 3. The molecule has 0 unspecified atom stereocenters. The quantitative estimate of drug-likeness (QED) is 0.813. The molecule has 0 aromatic heterocycles. The highest BCUT2D eigenvalue weighted by Crippen LogP contribution is 2.17. The number of benzene rings is 1. The molecule has 1 N–H and O–H groups in total.